The first-order valence-corrected chi connectivity index (χ1v) is 5.74. The molecule has 1 aromatic heterocycles. The van der Waals surface area contributed by atoms with Crippen LogP contribution in [-0.4, -0.2) is 33.9 Å². The van der Waals surface area contributed by atoms with E-state index in [4.69, 9.17) is 10.8 Å². The Bertz CT molecular complexity index is 646. The fourth-order valence-electron chi connectivity index (χ4n) is 1.71. The van der Waals surface area contributed by atoms with E-state index in [1.165, 1.54) is 30.1 Å². The number of rotatable bonds is 4. The Hall–Kier alpha value is -2.83. The van der Waals surface area contributed by atoms with Crippen molar-refractivity contribution in [2.45, 2.75) is 6.54 Å². The molecule has 0 saturated carbocycles. The van der Waals surface area contributed by atoms with Gasteiger partial charge in [-0.3, -0.25) is 4.68 Å². The minimum Gasteiger partial charge on any atom is -0.478 e. The highest BCUT2D eigenvalue weighted by molar-refractivity contribution is 5.92. The van der Waals surface area contributed by atoms with Crippen molar-refractivity contribution in [1.29, 1.82) is 0 Å². The molecule has 0 atom stereocenters. The van der Waals surface area contributed by atoms with Crippen LogP contribution >= 0.6 is 0 Å². The highest BCUT2D eigenvalue weighted by Gasteiger charge is 2.15. The predicted octanol–water partition coefficient (Wildman–Crippen LogP) is 0.998. The lowest BCUT2D eigenvalue weighted by molar-refractivity contribution is 0.0593. The number of nitrogens with zero attached hydrogens (tertiary/aromatic N) is 2. The van der Waals surface area contributed by atoms with Crippen LogP contribution in [-0.2, 0) is 11.3 Å². The molecule has 104 valence electrons. The van der Waals surface area contributed by atoms with Gasteiger partial charge in [0.15, 0.2) is 5.69 Å². The summed E-state index contributed by atoms with van der Waals surface area (Å²) in [7, 11) is 1.26. The van der Waals surface area contributed by atoms with Gasteiger partial charge in [0.05, 0.1) is 24.9 Å². The largest absolute Gasteiger partial charge is 0.478 e. The molecule has 0 amide bonds. The molecular formula is C13H13N3O4. The van der Waals surface area contributed by atoms with E-state index in [0.29, 0.717) is 6.54 Å². The van der Waals surface area contributed by atoms with E-state index in [-0.39, 0.29) is 16.9 Å². The van der Waals surface area contributed by atoms with Gasteiger partial charge in [0.25, 0.3) is 0 Å². The summed E-state index contributed by atoms with van der Waals surface area (Å²) in [5.74, 6) is -1.57. The van der Waals surface area contributed by atoms with E-state index < -0.39 is 11.9 Å². The number of benzene rings is 1. The average Bonchev–Trinajstić information content (AvgIpc) is 2.79. The van der Waals surface area contributed by atoms with Gasteiger partial charge in [-0.25, -0.2) is 9.59 Å². The van der Waals surface area contributed by atoms with Crippen LogP contribution in [0.25, 0.3) is 0 Å². The van der Waals surface area contributed by atoms with Crippen LogP contribution in [0.1, 0.15) is 26.4 Å². The van der Waals surface area contributed by atoms with E-state index in [9.17, 15) is 9.59 Å². The van der Waals surface area contributed by atoms with Gasteiger partial charge >= 0.3 is 11.9 Å². The SMILES string of the molecule is COC(=O)c1nn(Cc2ccc(C(=O)O)cc2)cc1N. The smallest absolute Gasteiger partial charge is 0.360 e. The first-order chi connectivity index (χ1) is 9.51. The van der Waals surface area contributed by atoms with Crippen LogP contribution in [0.15, 0.2) is 30.5 Å². The Kier molecular flexibility index (Phi) is 3.69. The van der Waals surface area contributed by atoms with Crippen molar-refractivity contribution in [1.82, 2.24) is 9.78 Å². The van der Waals surface area contributed by atoms with Crippen LogP contribution < -0.4 is 5.73 Å². The van der Waals surface area contributed by atoms with Gasteiger partial charge in [-0.2, -0.15) is 5.10 Å². The maximum atomic E-state index is 11.4. The number of nitrogens with two attached hydrogens (primary N) is 1. The number of carboxylic acid groups (broad SMARTS) is 1. The summed E-state index contributed by atoms with van der Waals surface area (Å²) < 4.78 is 6.06. The molecule has 20 heavy (non-hydrogen) atoms. The zero-order valence-corrected chi connectivity index (χ0v) is 10.7. The monoisotopic (exact) mass is 275 g/mol. The molecule has 2 aromatic rings. The summed E-state index contributed by atoms with van der Waals surface area (Å²) in [6.07, 6.45) is 1.53. The van der Waals surface area contributed by atoms with Gasteiger partial charge in [-0.05, 0) is 17.7 Å². The van der Waals surface area contributed by atoms with Gasteiger partial charge in [0.1, 0.15) is 0 Å². The first-order valence-electron chi connectivity index (χ1n) is 5.74. The third kappa shape index (κ3) is 2.77. The Morgan fingerprint density at radius 3 is 2.55 bits per heavy atom. The van der Waals surface area contributed by atoms with Crippen LogP contribution in [0.2, 0.25) is 0 Å². The fourth-order valence-corrected chi connectivity index (χ4v) is 1.71. The second kappa shape index (κ2) is 5.43. The van der Waals surface area contributed by atoms with Crippen LogP contribution in [0.3, 0.4) is 0 Å². The molecule has 0 spiro atoms. The van der Waals surface area contributed by atoms with E-state index in [1.807, 2.05) is 0 Å². The number of carbonyl (C=O) groups is 2. The molecule has 0 fully saturated rings. The van der Waals surface area contributed by atoms with Crippen LogP contribution in [0.5, 0.6) is 0 Å². The molecule has 7 nitrogen and oxygen atoms in total. The standard InChI is InChI=1S/C13H13N3O4/c1-20-13(19)11-10(14)7-16(15-11)6-8-2-4-9(5-3-8)12(17)18/h2-5,7H,6,14H2,1H3,(H,17,18). The number of esters is 1. The van der Waals surface area contributed by atoms with Crippen molar-refractivity contribution in [2.24, 2.45) is 0 Å². The van der Waals surface area contributed by atoms with Gasteiger partial charge in [0.2, 0.25) is 0 Å². The van der Waals surface area contributed by atoms with Crippen molar-refractivity contribution in [2.75, 3.05) is 12.8 Å². The summed E-state index contributed by atoms with van der Waals surface area (Å²) in [5.41, 5.74) is 7.03. The third-order valence-electron chi connectivity index (χ3n) is 2.71. The number of aromatic nitrogens is 2. The lowest BCUT2D eigenvalue weighted by atomic mass is 10.1. The van der Waals surface area contributed by atoms with Crippen LogP contribution in [0, 0.1) is 0 Å². The van der Waals surface area contributed by atoms with Crippen molar-refractivity contribution in [3.05, 3.63) is 47.3 Å². The minimum atomic E-state index is -0.979. The Morgan fingerprint density at radius 2 is 2.00 bits per heavy atom. The maximum absolute atomic E-state index is 11.4. The number of carbonyl (C=O) groups excluding carboxylic acids is 1. The molecule has 0 saturated heterocycles. The van der Waals surface area contributed by atoms with E-state index in [2.05, 4.69) is 9.84 Å². The highest BCUT2D eigenvalue weighted by Crippen LogP contribution is 2.12. The number of anilines is 1. The fraction of sp³-hybridized carbons (Fsp3) is 0.154. The van der Waals surface area contributed by atoms with Gasteiger partial charge in [0, 0.05) is 6.20 Å². The van der Waals surface area contributed by atoms with E-state index >= 15 is 0 Å². The van der Waals surface area contributed by atoms with E-state index in [0.717, 1.165) is 5.56 Å². The molecule has 0 radical (unpaired) electrons. The van der Waals surface area contributed by atoms with Gasteiger partial charge in [-0.15, -0.1) is 0 Å². The zero-order chi connectivity index (χ0) is 14.7. The van der Waals surface area contributed by atoms with Gasteiger partial charge < -0.3 is 15.6 Å². The number of nitrogen functional groups attached to an aromatic ring is 1. The molecule has 2 rings (SSSR count). The number of ether oxygens (including phenoxy) is 1. The zero-order valence-electron chi connectivity index (χ0n) is 10.7. The summed E-state index contributed by atoms with van der Waals surface area (Å²) in [6, 6.07) is 6.37. The van der Waals surface area contributed by atoms with Crippen molar-refractivity contribution in [3.8, 4) is 0 Å². The Balaban J connectivity index is 2.18. The van der Waals surface area contributed by atoms with E-state index in [1.54, 1.807) is 12.1 Å². The average molecular weight is 275 g/mol. The Labute approximate surface area is 114 Å². The number of hydrogen-bond acceptors (Lipinski definition) is 5. The summed E-state index contributed by atoms with van der Waals surface area (Å²) in [5, 5.41) is 12.8. The number of methoxy groups -OCH3 is 1. The maximum Gasteiger partial charge on any atom is 0.360 e. The summed E-state index contributed by atoms with van der Waals surface area (Å²) in [6.45, 7) is 0.376. The van der Waals surface area contributed by atoms with Crippen LogP contribution in [0.4, 0.5) is 5.69 Å². The summed E-state index contributed by atoms with van der Waals surface area (Å²) in [4.78, 5) is 22.1. The first kappa shape index (κ1) is 13.6. The lowest BCUT2D eigenvalue weighted by Gasteiger charge is -2.02. The third-order valence-corrected chi connectivity index (χ3v) is 2.71. The molecular weight excluding hydrogens is 262 g/mol. The number of hydrogen-bond donors (Lipinski definition) is 2. The Morgan fingerprint density at radius 1 is 1.35 bits per heavy atom. The topological polar surface area (TPSA) is 107 Å². The second-order valence-electron chi connectivity index (χ2n) is 4.12. The predicted molar refractivity (Wildman–Crippen MR) is 70.5 cm³/mol. The number of carboxylic acids is 1. The molecule has 0 aliphatic carbocycles. The summed E-state index contributed by atoms with van der Waals surface area (Å²) >= 11 is 0. The molecule has 0 unspecified atom stereocenters. The molecule has 0 aliphatic rings. The molecule has 1 heterocycles. The van der Waals surface area contributed by atoms with Crippen molar-refractivity contribution < 1.29 is 19.4 Å². The quantitative estimate of drug-likeness (QED) is 0.806. The highest BCUT2D eigenvalue weighted by atomic mass is 16.5. The molecule has 3 N–H and O–H groups in total. The molecule has 1 aromatic carbocycles. The van der Waals surface area contributed by atoms with Crippen molar-refractivity contribution in [3.63, 3.8) is 0 Å². The second-order valence-corrected chi connectivity index (χ2v) is 4.12. The normalized spacial score (nSPS) is 10.2. The van der Waals surface area contributed by atoms with Crippen molar-refractivity contribution >= 4 is 17.6 Å². The number of aromatic carboxylic acids is 1. The molecule has 7 heteroatoms. The van der Waals surface area contributed by atoms with Gasteiger partial charge in [-0.1, -0.05) is 12.1 Å². The lowest BCUT2D eigenvalue weighted by Crippen LogP contribution is -2.07. The molecule has 0 aliphatic heterocycles. The minimum absolute atomic E-state index is 0.0645. The molecule has 0 bridgehead atoms.